The lowest BCUT2D eigenvalue weighted by Crippen LogP contribution is -2.25. The molecular weight excluding hydrogens is 116 g/mol. The molecule has 0 fully saturated rings. The van der Waals surface area contributed by atoms with E-state index in [9.17, 15) is 4.79 Å². The Morgan fingerprint density at radius 2 is 2.11 bits per heavy atom. The molecule has 0 saturated heterocycles. The lowest BCUT2D eigenvalue weighted by Gasteiger charge is -2.06. The zero-order valence-corrected chi connectivity index (χ0v) is 5.35. The van der Waals surface area contributed by atoms with Gasteiger partial charge in [-0.1, -0.05) is 7.43 Å². The molecule has 0 aliphatic rings. The van der Waals surface area contributed by atoms with Crippen LogP contribution in [-0.2, 0) is 4.79 Å². The maximum atomic E-state index is 9.66. The van der Waals surface area contributed by atoms with Crippen LogP contribution >= 0.6 is 0 Å². The van der Waals surface area contributed by atoms with Crippen LogP contribution in [0.2, 0.25) is 0 Å². The van der Waals surface area contributed by atoms with E-state index in [0.717, 1.165) is 13.1 Å². The molecule has 0 saturated carbocycles. The summed E-state index contributed by atoms with van der Waals surface area (Å²) in [5, 5.41) is 2.56. The van der Waals surface area contributed by atoms with Gasteiger partial charge in [-0.15, -0.1) is 0 Å². The molecular formula is C6H16N2O. The summed E-state index contributed by atoms with van der Waals surface area (Å²) in [5.41, 5.74) is 0. The minimum Gasteiger partial charge on any atom is -0.357 e. The predicted octanol–water partition coefficient (Wildman–Crippen LogP) is -0.0699. The SMILES string of the molecule is C.CN(C)CCNC=O. The second-order valence-corrected chi connectivity index (χ2v) is 1.88. The van der Waals surface area contributed by atoms with Crippen molar-refractivity contribution in [3.63, 3.8) is 0 Å². The quantitative estimate of drug-likeness (QED) is 0.429. The summed E-state index contributed by atoms with van der Waals surface area (Å²) in [6, 6.07) is 0. The normalized spacial score (nSPS) is 8.33. The first-order valence-electron chi connectivity index (χ1n) is 2.59. The van der Waals surface area contributed by atoms with Crippen LogP contribution in [0.4, 0.5) is 0 Å². The van der Waals surface area contributed by atoms with Gasteiger partial charge in [0.25, 0.3) is 0 Å². The molecule has 1 N–H and O–H groups in total. The van der Waals surface area contributed by atoms with Crippen LogP contribution in [0.1, 0.15) is 7.43 Å². The van der Waals surface area contributed by atoms with Crippen LogP contribution in [-0.4, -0.2) is 38.5 Å². The molecule has 0 aromatic rings. The molecule has 0 aromatic heterocycles. The van der Waals surface area contributed by atoms with Gasteiger partial charge in [0.2, 0.25) is 6.41 Å². The van der Waals surface area contributed by atoms with Crippen molar-refractivity contribution in [3.8, 4) is 0 Å². The van der Waals surface area contributed by atoms with Crippen LogP contribution in [0.3, 0.4) is 0 Å². The highest BCUT2D eigenvalue weighted by molar-refractivity contribution is 5.45. The average Bonchev–Trinajstić information content (AvgIpc) is 1.66. The van der Waals surface area contributed by atoms with Crippen molar-refractivity contribution < 1.29 is 4.79 Å². The van der Waals surface area contributed by atoms with Gasteiger partial charge in [-0.05, 0) is 14.1 Å². The number of likely N-dealkylation sites (N-methyl/N-ethyl adjacent to an activating group) is 1. The zero-order valence-electron chi connectivity index (χ0n) is 5.35. The Hall–Kier alpha value is -0.570. The fourth-order valence-corrected chi connectivity index (χ4v) is 0.347. The molecule has 9 heavy (non-hydrogen) atoms. The number of hydrogen-bond acceptors (Lipinski definition) is 2. The molecule has 0 rings (SSSR count). The summed E-state index contributed by atoms with van der Waals surface area (Å²) in [7, 11) is 3.93. The highest BCUT2D eigenvalue weighted by atomic mass is 16.1. The van der Waals surface area contributed by atoms with E-state index in [-0.39, 0.29) is 7.43 Å². The summed E-state index contributed by atoms with van der Waals surface area (Å²) in [5.74, 6) is 0. The highest BCUT2D eigenvalue weighted by Crippen LogP contribution is 1.67. The van der Waals surface area contributed by atoms with Gasteiger partial charge in [0.15, 0.2) is 0 Å². The molecule has 0 aromatic carbocycles. The molecule has 0 heterocycles. The Labute approximate surface area is 57.0 Å². The average molecular weight is 132 g/mol. The standard InChI is InChI=1S/C5H12N2O.CH4/c1-7(2)4-3-6-5-8;/h5H,3-4H2,1-2H3,(H,6,8);1H4. The lowest BCUT2D eigenvalue weighted by molar-refractivity contribution is -0.109. The van der Waals surface area contributed by atoms with Gasteiger partial charge in [-0.25, -0.2) is 0 Å². The van der Waals surface area contributed by atoms with Crippen LogP contribution < -0.4 is 5.32 Å². The first-order chi connectivity index (χ1) is 3.77. The number of amides is 1. The van der Waals surface area contributed by atoms with E-state index in [4.69, 9.17) is 0 Å². The van der Waals surface area contributed by atoms with Crippen molar-refractivity contribution >= 4 is 6.41 Å². The summed E-state index contributed by atoms with van der Waals surface area (Å²) >= 11 is 0. The second kappa shape index (κ2) is 7.43. The second-order valence-electron chi connectivity index (χ2n) is 1.88. The molecule has 0 atom stereocenters. The van der Waals surface area contributed by atoms with Gasteiger partial charge in [0.05, 0.1) is 0 Å². The van der Waals surface area contributed by atoms with Crippen LogP contribution in [0.5, 0.6) is 0 Å². The molecule has 3 nitrogen and oxygen atoms in total. The molecule has 0 unspecified atom stereocenters. The largest absolute Gasteiger partial charge is 0.357 e. The first-order valence-corrected chi connectivity index (χ1v) is 2.59. The van der Waals surface area contributed by atoms with Crippen LogP contribution in [0, 0.1) is 0 Å². The molecule has 0 bridgehead atoms. The molecule has 0 spiro atoms. The van der Waals surface area contributed by atoms with Gasteiger partial charge in [-0.3, -0.25) is 4.79 Å². The van der Waals surface area contributed by atoms with E-state index in [0.29, 0.717) is 6.41 Å². The topological polar surface area (TPSA) is 32.3 Å². The summed E-state index contributed by atoms with van der Waals surface area (Å²) < 4.78 is 0. The number of nitrogens with zero attached hydrogens (tertiary/aromatic N) is 1. The maximum absolute atomic E-state index is 9.66. The van der Waals surface area contributed by atoms with Gasteiger partial charge >= 0.3 is 0 Å². The van der Waals surface area contributed by atoms with Crippen LogP contribution in [0.15, 0.2) is 0 Å². The number of rotatable bonds is 4. The smallest absolute Gasteiger partial charge is 0.207 e. The third-order valence-electron chi connectivity index (χ3n) is 0.787. The third-order valence-corrected chi connectivity index (χ3v) is 0.787. The lowest BCUT2D eigenvalue weighted by atomic mass is 10.6. The zero-order chi connectivity index (χ0) is 6.41. The van der Waals surface area contributed by atoms with Crippen molar-refractivity contribution in [1.82, 2.24) is 10.2 Å². The van der Waals surface area contributed by atoms with Gasteiger partial charge < -0.3 is 10.2 Å². The van der Waals surface area contributed by atoms with Gasteiger partial charge in [0.1, 0.15) is 0 Å². The Morgan fingerprint density at radius 3 is 2.44 bits per heavy atom. The van der Waals surface area contributed by atoms with Crippen molar-refractivity contribution in [3.05, 3.63) is 0 Å². The minimum atomic E-state index is 0. The highest BCUT2D eigenvalue weighted by Gasteiger charge is 1.84. The summed E-state index contributed by atoms with van der Waals surface area (Å²) in [6.07, 6.45) is 0.712. The van der Waals surface area contributed by atoms with E-state index in [1.165, 1.54) is 0 Å². The molecule has 0 aliphatic carbocycles. The van der Waals surface area contributed by atoms with E-state index in [1.807, 2.05) is 19.0 Å². The van der Waals surface area contributed by atoms with Crippen molar-refractivity contribution in [2.75, 3.05) is 27.2 Å². The Balaban J connectivity index is 0. The summed E-state index contributed by atoms with van der Waals surface area (Å²) in [6.45, 7) is 1.63. The maximum Gasteiger partial charge on any atom is 0.207 e. The molecule has 3 heteroatoms. The monoisotopic (exact) mass is 132 g/mol. The minimum absolute atomic E-state index is 0. The van der Waals surface area contributed by atoms with Crippen molar-refractivity contribution in [2.45, 2.75) is 7.43 Å². The van der Waals surface area contributed by atoms with Crippen molar-refractivity contribution in [2.24, 2.45) is 0 Å². The molecule has 1 amide bonds. The fraction of sp³-hybridized carbons (Fsp3) is 0.833. The molecule has 0 aliphatic heterocycles. The third kappa shape index (κ3) is 11.2. The Kier molecular flexibility index (Phi) is 9.29. The number of carbonyl (C=O) groups excluding carboxylic acids is 1. The molecule has 56 valence electrons. The molecule has 0 radical (unpaired) electrons. The first kappa shape index (κ1) is 11.3. The van der Waals surface area contributed by atoms with Crippen LogP contribution in [0.25, 0.3) is 0 Å². The Bertz CT molecular complexity index is 64.1. The fourth-order valence-electron chi connectivity index (χ4n) is 0.347. The van der Waals surface area contributed by atoms with E-state index < -0.39 is 0 Å². The summed E-state index contributed by atoms with van der Waals surface area (Å²) in [4.78, 5) is 11.7. The van der Waals surface area contributed by atoms with E-state index in [1.54, 1.807) is 0 Å². The van der Waals surface area contributed by atoms with Gasteiger partial charge in [0, 0.05) is 13.1 Å². The van der Waals surface area contributed by atoms with Gasteiger partial charge in [-0.2, -0.15) is 0 Å². The van der Waals surface area contributed by atoms with Crippen molar-refractivity contribution in [1.29, 1.82) is 0 Å². The van der Waals surface area contributed by atoms with E-state index in [2.05, 4.69) is 5.32 Å². The number of hydrogen-bond donors (Lipinski definition) is 1. The Morgan fingerprint density at radius 1 is 1.56 bits per heavy atom. The van der Waals surface area contributed by atoms with E-state index >= 15 is 0 Å². The number of nitrogens with one attached hydrogen (secondary N) is 1. The number of carbonyl (C=O) groups is 1. The predicted molar refractivity (Wildman–Crippen MR) is 39.4 cm³/mol.